The van der Waals surface area contributed by atoms with Crippen LogP contribution in [0.25, 0.3) is 0 Å². The van der Waals surface area contributed by atoms with Crippen molar-refractivity contribution in [1.82, 2.24) is 0 Å². The molecule has 0 aromatic carbocycles. The van der Waals surface area contributed by atoms with Crippen molar-refractivity contribution in [3.8, 4) is 0 Å². The number of hydrogen-bond acceptors (Lipinski definition) is 0. The Morgan fingerprint density at radius 1 is 0.812 bits per heavy atom. The van der Waals surface area contributed by atoms with Crippen LogP contribution in [0.1, 0.15) is 6.42 Å². The summed E-state index contributed by atoms with van der Waals surface area (Å²) < 4.78 is 72.1. The Labute approximate surface area is 107 Å². The summed E-state index contributed by atoms with van der Waals surface area (Å²) in [5.41, 5.74) is 0. The molecule has 16 heavy (non-hydrogen) atoms. The van der Waals surface area contributed by atoms with Crippen LogP contribution in [-0.2, 0) is 0 Å². The lowest BCUT2D eigenvalue weighted by molar-refractivity contribution is -0.104. The van der Waals surface area contributed by atoms with Crippen LogP contribution in [0.4, 0.5) is 26.3 Å². The van der Waals surface area contributed by atoms with E-state index in [0.29, 0.717) is 0 Å². The largest absolute Gasteiger partial charge is 0.369 e. The highest BCUT2D eigenvalue weighted by atomic mass is 35.5. The summed E-state index contributed by atoms with van der Waals surface area (Å²) in [6.45, 7) is -1.98. The second-order valence-electron chi connectivity index (χ2n) is 2.92. The minimum atomic E-state index is -4.78. The van der Waals surface area contributed by atoms with Crippen molar-refractivity contribution < 1.29 is 26.3 Å². The van der Waals surface area contributed by atoms with Crippen LogP contribution >= 0.6 is 46.4 Å². The number of halogens is 10. The molecule has 0 spiro atoms. The number of rotatable bonds is 5. The Balaban J connectivity index is 4.99. The van der Waals surface area contributed by atoms with Crippen LogP contribution in [0.3, 0.4) is 0 Å². The van der Waals surface area contributed by atoms with Crippen molar-refractivity contribution >= 4 is 46.4 Å². The molecule has 0 rings (SSSR count). The summed E-state index contributed by atoms with van der Waals surface area (Å²) in [6.07, 6.45) is -2.34. The first kappa shape index (κ1) is 16.7. The molecule has 0 N–H and O–H groups in total. The van der Waals surface area contributed by atoms with Gasteiger partial charge in [-0.25, -0.2) is 17.6 Å². The van der Waals surface area contributed by atoms with Gasteiger partial charge in [0.2, 0.25) is 4.33 Å². The molecule has 0 amide bonds. The van der Waals surface area contributed by atoms with Crippen LogP contribution < -0.4 is 0 Å². The van der Waals surface area contributed by atoms with Gasteiger partial charge in [-0.1, -0.05) is 34.8 Å². The third kappa shape index (κ3) is 3.62. The molecule has 0 aromatic rings. The van der Waals surface area contributed by atoms with Gasteiger partial charge in [-0.2, -0.15) is 8.78 Å². The van der Waals surface area contributed by atoms with E-state index in [1.807, 2.05) is 0 Å². The van der Waals surface area contributed by atoms with Gasteiger partial charge >= 0.3 is 5.38 Å². The Hall–Kier alpha value is 0.740. The van der Waals surface area contributed by atoms with E-state index in [2.05, 4.69) is 23.2 Å². The molecule has 0 aromatic heterocycles. The molecule has 0 nitrogen and oxygen atoms in total. The molecule has 0 saturated carbocycles. The average Bonchev–Trinajstić information content (AvgIpc) is 1.99. The molecular weight excluding hydrogens is 328 g/mol. The standard InChI is InChI=1S/C6H4Cl4F6/c7-3(8,2-11)5(13,14)1-4(9,12)6(10,15)16/h1-2H2. The molecule has 0 radical (unpaired) electrons. The van der Waals surface area contributed by atoms with Crippen LogP contribution in [-0.4, -0.2) is 27.4 Å². The maximum absolute atomic E-state index is 13.0. The first-order chi connectivity index (χ1) is 6.77. The molecule has 0 fully saturated rings. The van der Waals surface area contributed by atoms with E-state index in [-0.39, 0.29) is 0 Å². The zero-order chi connectivity index (χ0) is 13.4. The second kappa shape index (κ2) is 4.78. The molecule has 98 valence electrons. The lowest BCUT2D eigenvalue weighted by Crippen LogP contribution is -2.48. The summed E-state index contributed by atoms with van der Waals surface area (Å²) in [4.78, 5) is 0. The molecule has 0 bridgehead atoms. The molecule has 1 atom stereocenters. The summed E-state index contributed by atoms with van der Waals surface area (Å²) in [5.74, 6) is -4.53. The van der Waals surface area contributed by atoms with Crippen molar-refractivity contribution in [2.45, 2.75) is 27.2 Å². The SMILES string of the molecule is FCC(Cl)(Cl)C(F)(F)CC(F)(Cl)C(F)(F)Cl. The Bertz CT molecular complexity index is 248. The fourth-order valence-corrected chi connectivity index (χ4v) is 0.974. The van der Waals surface area contributed by atoms with E-state index in [9.17, 15) is 26.3 Å². The molecule has 0 aliphatic carbocycles. The van der Waals surface area contributed by atoms with E-state index in [1.54, 1.807) is 0 Å². The van der Waals surface area contributed by atoms with Gasteiger partial charge in [-0.3, -0.25) is 0 Å². The molecular formula is C6H4Cl4F6. The molecule has 0 heterocycles. The highest BCUT2D eigenvalue weighted by Crippen LogP contribution is 2.51. The average molecular weight is 332 g/mol. The zero-order valence-electron chi connectivity index (χ0n) is 7.19. The Morgan fingerprint density at radius 2 is 1.19 bits per heavy atom. The Kier molecular flexibility index (Phi) is 5.00. The number of hydrogen-bond donors (Lipinski definition) is 0. The highest BCUT2D eigenvalue weighted by molar-refractivity contribution is 6.49. The second-order valence-corrected chi connectivity index (χ2v) is 5.48. The molecule has 0 aliphatic heterocycles. The fraction of sp³-hybridized carbons (Fsp3) is 1.00. The van der Waals surface area contributed by atoms with E-state index in [4.69, 9.17) is 23.2 Å². The van der Waals surface area contributed by atoms with Gasteiger partial charge < -0.3 is 0 Å². The lowest BCUT2D eigenvalue weighted by Gasteiger charge is -2.32. The Morgan fingerprint density at radius 3 is 1.44 bits per heavy atom. The molecule has 10 heteroatoms. The van der Waals surface area contributed by atoms with Crippen molar-refractivity contribution in [2.75, 3.05) is 6.67 Å². The summed E-state index contributed by atoms with van der Waals surface area (Å²) in [7, 11) is 0. The molecule has 1 unspecified atom stereocenters. The molecule has 0 saturated heterocycles. The normalized spacial score (nSPS) is 18.4. The van der Waals surface area contributed by atoms with Crippen molar-refractivity contribution in [3.05, 3.63) is 0 Å². The van der Waals surface area contributed by atoms with Crippen molar-refractivity contribution in [3.63, 3.8) is 0 Å². The minimum absolute atomic E-state index is 1.98. The van der Waals surface area contributed by atoms with Gasteiger partial charge in [0.1, 0.15) is 6.67 Å². The third-order valence-electron chi connectivity index (χ3n) is 1.56. The van der Waals surface area contributed by atoms with Crippen molar-refractivity contribution in [2.24, 2.45) is 0 Å². The predicted molar refractivity (Wildman–Crippen MR) is 50.5 cm³/mol. The van der Waals surface area contributed by atoms with E-state index >= 15 is 0 Å². The van der Waals surface area contributed by atoms with Crippen LogP contribution in [0.15, 0.2) is 0 Å². The van der Waals surface area contributed by atoms with E-state index in [1.165, 1.54) is 0 Å². The molecule has 0 aliphatic rings. The quantitative estimate of drug-likeness (QED) is 0.497. The van der Waals surface area contributed by atoms with Crippen LogP contribution in [0, 0.1) is 0 Å². The van der Waals surface area contributed by atoms with E-state index < -0.39 is 33.9 Å². The zero-order valence-corrected chi connectivity index (χ0v) is 10.2. The maximum atomic E-state index is 13.0. The number of alkyl halides is 10. The first-order valence-electron chi connectivity index (χ1n) is 3.53. The minimum Gasteiger partial charge on any atom is -0.248 e. The topological polar surface area (TPSA) is 0 Å². The predicted octanol–water partition coefficient (Wildman–Crippen LogP) is 4.89. The summed E-state index contributed by atoms with van der Waals surface area (Å²) in [6, 6.07) is 0. The van der Waals surface area contributed by atoms with Gasteiger partial charge in [0, 0.05) is 0 Å². The summed E-state index contributed by atoms with van der Waals surface area (Å²) in [5, 5.41) is -9.08. The lowest BCUT2D eigenvalue weighted by atomic mass is 10.1. The van der Waals surface area contributed by atoms with Gasteiger partial charge in [-0.05, 0) is 11.6 Å². The van der Waals surface area contributed by atoms with Gasteiger partial charge in [0.15, 0.2) is 0 Å². The van der Waals surface area contributed by atoms with Crippen LogP contribution in [0.5, 0.6) is 0 Å². The maximum Gasteiger partial charge on any atom is 0.369 e. The van der Waals surface area contributed by atoms with E-state index in [0.717, 1.165) is 0 Å². The van der Waals surface area contributed by atoms with Crippen LogP contribution in [0.2, 0.25) is 0 Å². The first-order valence-corrected chi connectivity index (χ1v) is 5.04. The van der Waals surface area contributed by atoms with Gasteiger partial charge in [0.25, 0.3) is 11.1 Å². The highest BCUT2D eigenvalue weighted by Gasteiger charge is 2.63. The third-order valence-corrected chi connectivity index (χ3v) is 3.08. The van der Waals surface area contributed by atoms with Gasteiger partial charge in [0.05, 0.1) is 6.42 Å². The monoisotopic (exact) mass is 330 g/mol. The fourth-order valence-electron chi connectivity index (χ4n) is 0.606. The smallest absolute Gasteiger partial charge is 0.248 e. The summed E-state index contributed by atoms with van der Waals surface area (Å²) >= 11 is 18.3. The van der Waals surface area contributed by atoms with Crippen molar-refractivity contribution in [1.29, 1.82) is 0 Å². The van der Waals surface area contributed by atoms with Gasteiger partial charge in [-0.15, -0.1) is 0 Å².